The number of nitrogens with zero attached hydrogens (tertiary/aromatic N) is 1. The summed E-state index contributed by atoms with van der Waals surface area (Å²) in [7, 11) is 2.11. The summed E-state index contributed by atoms with van der Waals surface area (Å²) in [6, 6.07) is 5.21. The number of hydrogen-bond donors (Lipinski definition) is 1. The molecule has 1 aliphatic heterocycles. The summed E-state index contributed by atoms with van der Waals surface area (Å²) >= 11 is 0. The molecule has 0 saturated carbocycles. The van der Waals surface area contributed by atoms with Gasteiger partial charge in [-0.15, -0.1) is 0 Å². The minimum Gasteiger partial charge on any atom is -0.374 e. The summed E-state index contributed by atoms with van der Waals surface area (Å²) in [5, 5.41) is 3.34. The molecule has 0 spiro atoms. The molecule has 2 atom stereocenters. The number of hydrogen-bond acceptors (Lipinski definition) is 3. The van der Waals surface area contributed by atoms with Gasteiger partial charge in [-0.1, -0.05) is 13.0 Å². The summed E-state index contributed by atoms with van der Waals surface area (Å²) in [6.45, 7) is 7.46. The summed E-state index contributed by atoms with van der Waals surface area (Å²) in [6.07, 6.45) is 0.114. The van der Waals surface area contributed by atoms with Crippen LogP contribution in [0.1, 0.15) is 24.1 Å². The van der Waals surface area contributed by atoms with Gasteiger partial charge >= 0.3 is 0 Å². The quantitative estimate of drug-likeness (QED) is 0.903. The highest BCUT2D eigenvalue weighted by atomic mass is 19.1. The summed E-state index contributed by atoms with van der Waals surface area (Å²) < 4.78 is 19.2. The Morgan fingerprint density at radius 1 is 1.47 bits per heavy atom. The first-order valence-corrected chi connectivity index (χ1v) is 6.92. The molecule has 1 saturated heterocycles. The van der Waals surface area contributed by atoms with E-state index in [4.69, 9.17) is 4.74 Å². The zero-order chi connectivity index (χ0) is 13.8. The number of halogens is 1. The lowest BCUT2D eigenvalue weighted by Gasteiger charge is -2.40. The van der Waals surface area contributed by atoms with Crippen LogP contribution in [0, 0.1) is 12.7 Å². The Morgan fingerprint density at radius 3 is 2.95 bits per heavy atom. The molecule has 0 aliphatic carbocycles. The fourth-order valence-corrected chi connectivity index (χ4v) is 2.73. The number of morpholine rings is 1. The van der Waals surface area contributed by atoms with E-state index in [2.05, 4.69) is 24.2 Å². The van der Waals surface area contributed by atoms with Crippen molar-refractivity contribution in [2.75, 3.05) is 33.3 Å². The first-order valence-electron chi connectivity index (χ1n) is 6.92. The second-order valence-corrected chi connectivity index (χ2v) is 5.14. The first kappa shape index (κ1) is 14.4. The molecule has 3 nitrogen and oxygen atoms in total. The molecule has 0 bridgehead atoms. The normalized spacial score (nSPS) is 24.6. The van der Waals surface area contributed by atoms with Gasteiger partial charge in [-0.05, 0) is 43.8 Å². The van der Waals surface area contributed by atoms with E-state index < -0.39 is 0 Å². The summed E-state index contributed by atoms with van der Waals surface area (Å²) in [5.74, 6) is -0.177. The first-order chi connectivity index (χ1) is 9.13. The van der Waals surface area contributed by atoms with Crippen LogP contribution in [0.3, 0.4) is 0 Å². The predicted molar refractivity (Wildman–Crippen MR) is 74.8 cm³/mol. The molecule has 2 unspecified atom stereocenters. The van der Waals surface area contributed by atoms with Crippen LogP contribution in [0.5, 0.6) is 0 Å². The van der Waals surface area contributed by atoms with Crippen LogP contribution < -0.4 is 5.32 Å². The third kappa shape index (κ3) is 3.32. The summed E-state index contributed by atoms with van der Waals surface area (Å²) in [5.41, 5.74) is 2.15. The molecule has 2 rings (SSSR count). The van der Waals surface area contributed by atoms with Gasteiger partial charge in [-0.25, -0.2) is 4.39 Å². The van der Waals surface area contributed by atoms with Gasteiger partial charge in [0, 0.05) is 13.1 Å². The molecule has 4 heteroatoms. The van der Waals surface area contributed by atoms with Crippen LogP contribution in [0.4, 0.5) is 4.39 Å². The highest BCUT2D eigenvalue weighted by molar-refractivity contribution is 5.30. The SMILES string of the molecule is CCNCC1OCCN(C)C1c1ccc(F)cc1C. The number of ether oxygens (including phenoxy) is 1. The number of rotatable bonds is 4. The van der Waals surface area contributed by atoms with Crippen molar-refractivity contribution in [2.45, 2.75) is 26.0 Å². The van der Waals surface area contributed by atoms with Crippen LogP contribution in [0.25, 0.3) is 0 Å². The van der Waals surface area contributed by atoms with Gasteiger partial charge in [0.25, 0.3) is 0 Å². The zero-order valence-electron chi connectivity index (χ0n) is 11.9. The Kier molecular flexibility index (Phi) is 4.91. The predicted octanol–water partition coefficient (Wildman–Crippen LogP) is 2.12. The van der Waals surface area contributed by atoms with Gasteiger partial charge in [0.15, 0.2) is 0 Å². The average molecular weight is 266 g/mol. The van der Waals surface area contributed by atoms with Crippen LogP contribution >= 0.6 is 0 Å². The smallest absolute Gasteiger partial charge is 0.123 e. The van der Waals surface area contributed by atoms with Crippen LogP contribution in [-0.4, -0.2) is 44.3 Å². The standard InChI is InChI=1S/C15H23FN2O/c1-4-17-10-14-15(18(3)7-8-19-14)13-6-5-12(16)9-11(13)2/h5-6,9,14-15,17H,4,7-8,10H2,1-3H3. The molecule has 106 valence electrons. The van der Waals surface area contributed by atoms with E-state index in [9.17, 15) is 4.39 Å². The second-order valence-electron chi connectivity index (χ2n) is 5.14. The number of nitrogens with one attached hydrogen (secondary N) is 1. The fourth-order valence-electron chi connectivity index (χ4n) is 2.73. The number of aryl methyl sites for hydroxylation is 1. The lowest BCUT2D eigenvalue weighted by Crippen LogP contribution is -2.47. The Balaban J connectivity index is 2.25. The van der Waals surface area contributed by atoms with Gasteiger partial charge in [-0.2, -0.15) is 0 Å². The van der Waals surface area contributed by atoms with Crippen molar-refractivity contribution in [3.8, 4) is 0 Å². The zero-order valence-corrected chi connectivity index (χ0v) is 11.9. The van der Waals surface area contributed by atoms with Crippen LogP contribution in [0.2, 0.25) is 0 Å². The summed E-state index contributed by atoms with van der Waals surface area (Å²) in [4.78, 5) is 2.30. The van der Waals surface area contributed by atoms with Gasteiger partial charge in [0.1, 0.15) is 5.82 Å². The van der Waals surface area contributed by atoms with Crippen molar-refractivity contribution >= 4 is 0 Å². The van der Waals surface area contributed by atoms with E-state index in [1.807, 2.05) is 13.0 Å². The number of benzene rings is 1. The maximum Gasteiger partial charge on any atom is 0.123 e. The van der Waals surface area contributed by atoms with E-state index in [1.54, 1.807) is 6.07 Å². The second kappa shape index (κ2) is 6.46. The van der Waals surface area contributed by atoms with Crippen molar-refractivity contribution in [2.24, 2.45) is 0 Å². The van der Waals surface area contributed by atoms with Gasteiger partial charge in [0.2, 0.25) is 0 Å². The molecule has 1 fully saturated rings. The molecule has 1 N–H and O–H groups in total. The van der Waals surface area contributed by atoms with Crippen LogP contribution in [-0.2, 0) is 4.74 Å². The molecular weight excluding hydrogens is 243 g/mol. The monoisotopic (exact) mass is 266 g/mol. The van der Waals surface area contributed by atoms with Crippen molar-refractivity contribution in [1.29, 1.82) is 0 Å². The minimum absolute atomic E-state index is 0.114. The molecule has 1 aliphatic rings. The fraction of sp³-hybridized carbons (Fsp3) is 0.600. The molecule has 19 heavy (non-hydrogen) atoms. The Morgan fingerprint density at radius 2 is 2.26 bits per heavy atom. The molecule has 1 aromatic carbocycles. The topological polar surface area (TPSA) is 24.5 Å². The largest absolute Gasteiger partial charge is 0.374 e. The Hall–Kier alpha value is -0.970. The number of likely N-dealkylation sites (N-methyl/N-ethyl adjacent to an activating group) is 2. The van der Waals surface area contributed by atoms with E-state index in [0.717, 1.165) is 37.4 Å². The van der Waals surface area contributed by atoms with Gasteiger partial charge < -0.3 is 10.1 Å². The molecule has 0 amide bonds. The van der Waals surface area contributed by atoms with Crippen molar-refractivity contribution < 1.29 is 9.13 Å². The molecule has 0 aromatic heterocycles. The van der Waals surface area contributed by atoms with E-state index in [1.165, 1.54) is 6.07 Å². The highest BCUT2D eigenvalue weighted by Crippen LogP contribution is 2.30. The van der Waals surface area contributed by atoms with E-state index >= 15 is 0 Å². The Labute approximate surface area is 114 Å². The molecule has 0 radical (unpaired) electrons. The van der Waals surface area contributed by atoms with E-state index in [-0.39, 0.29) is 18.0 Å². The maximum absolute atomic E-state index is 13.3. The van der Waals surface area contributed by atoms with Crippen LogP contribution in [0.15, 0.2) is 18.2 Å². The third-order valence-electron chi connectivity index (χ3n) is 3.75. The third-order valence-corrected chi connectivity index (χ3v) is 3.75. The molecule has 1 heterocycles. The maximum atomic E-state index is 13.3. The minimum atomic E-state index is -0.177. The van der Waals surface area contributed by atoms with Crippen molar-refractivity contribution in [1.82, 2.24) is 10.2 Å². The molecule has 1 aromatic rings. The van der Waals surface area contributed by atoms with Crippen molar-refractivity contribution in [3.63, 3.8) is 0 Å². The molecular formula is C15H23FN2O. The van der Waals surface area contributed by atoms with Crippen molar-refractivity contribution in [3.05, 3.63) is 35.1 Å². The van der Waals surface area contributed by atoms with E-state index in [0.29, 0.717) is 0 Å². The average Bonchev–Trinajstić information content (AvgIpc) is 2.37. The Bertz CT molecular complexity index is 425. The lowest BCUT2D eigenvalue weighted by molar-refractivity contribution is -0.0613. The lowest BCUT2D eigenvalue weighted by atomic mass is 9.94. The van der Waals surface area contributed by atoms with Gasteiger partial charge in [0.05, 0.1) is 18.8 Å². The highest BCUT2D eigenvalue weighted by Gasteiger charge is 2.32. The van der Waals surface area contributed by atoms with Gasteiger partial charge in [-0.3, -0.25) is 4.90 Å².